The van der Waals surface area contributed by atoms with Gasteiger partial charge in [-0.1, -0.05) is 12.1 Å². The average Bonchev–Trinajstić information content (AvgIpc) is 3.06. The van der Waals surface area contributed by atoms with Crippen molar-refractivity contribution < 1.29 is 14.1 Å². The molecular formula is C20H27N5O3S. The molecule has 0 spiro atoms. The van der Waals surface area contributed by atoms with Gasteiger partial charge in [-0.15, -0.1) is 8.28 Å². The summed E-state index contributed by atoms with van der Waals surface area (Å²) in [6.45, 7) is 6.23. The van der Waals surface area contributed by atoms with E-state index in [1.54, 1.807) is 27.3 Å². The van der Waals surface area contributed by atoms with Crippen molar-refractivity contribution in [2.75, 3.05) is 27.2 Å². The fourth-order valence-electron chi connectivity index (χ4n) is 3.41. The number of fused-ring (bicyclic) bond motifs is 1. The molecule has 1 amide bonds. The molecule has 0 bridgehead atoms. The van der Waals surface area contributed by atoms with E-state index in [0.29, 0.717) is 37.3 Å². The maximum atomic E-state index is 13.0. The van der Waals surface area contributed by atoms with Crippen LogP contribution in [0.25, 0.3) is 11.0 Å². The first-order valence-corrected chi connectivity index (χ1v) is 10.6. The van der Waals surface area contributed by atoms with Crippen molar-refractivity contribution in [3.05, 3.63) is 30.1 Å². The quantitative estimate of drug-likeness (QED) is 0.713. The number of aromatic nitrogens is 2. The van der Waals surface area contributed by atoms with Crippen LogP contribution in [0.1, 0.15) is 39.4 Å². The van der Waals surface area contributed by atoms with Crippen molar-refractivity contribution in [3.63, 3.8) is 0 Å². The fraction of sp³-hybridized carbons (Fsp3) is 0.550. The van der Waals surface area contributed by atoms with Gasteiger partial charge >= 0.3 is 6.09 Å². The zero-order chi connectivity index (χ0) is 21.4. The molecule has 1 saturated heterocycles. The number of amides is 1. The number of likely N-dealkylation sites (tertiary alicyclic amines) is 1. The molecular weight excluding hydrogens is 390 g/mol. The molecule has 8 nitrogen and oxygen atoms in total. The lowest BCUT2D eigenvalue weighted by atomic mass is 9.79. The summed E-state index contributed by atoms with van der Waals surface area (Å²) in [5, 5.41) is 10.1. The van der Waals surface area contributed by atoms with E-state index in [9.17, 15) is 14.6 Å². The summed E-state index contributed by atoms with van der Waals surface area (Å²) in [4.78, 5) is 18.7. The topological polar surface area (TPSA) is 97.5 Å². The van der Waals surface area contributed by atoms with Crippen LogP contribution in [0.5, 0.6) is 0 Å². The number of nitriles is 1. The van der Waals surface area contributed by atoms with Crippen LogP contribution < -0.4 is 0 Å². The number of ether oxygens (including phenoxy) is 1. The number of imidazole rings is 1. The van der Waals surface area contributed by atoms with Crippen molar-refractivity contribution >= 4 is 28.7 Å². The number of rotatable bonds is 3. The molecule has 0 saturated carbocycles. The highest BCUT2D eigenvalue weighted by Crippen LogP contribution is 2.37. The van der Waals surface area contributed by atoms with Gasteiger partial charge in [0.1, 0.15) is 16.5 Å². The van der Waals surface area contributed by atoms with Crippen molar-refractivity contribution in [2.45, 2.75) is 44.6 Å². The highest BCUT2D eigenvalue weighted by Gasteiger charge is 2.45. The Morgan fingerprint density at radius 2 is 1.93 bits per heavy atom. The van der Waals surface area contributed by atoms with Gasteiger partial charge in [0.25, 0.3) is 0 Å². The van der Waals surface area contributed by atoms with Crippen LogP contribution in [0.15, 0.2) is 24.3 Å². The first-order valence-electron chi connectivity index (χ1n) is 9.55. The lowest BCUT2D eigenvalue weighted by Crippen LogP contribution is -2.48. The molecule has 0 aliphatic carbocycles. The van der Waals surface area contributed by atoms with Gasteiger partial charge in [-0.25, -0.2) is 9.78 Å². The van der Waals surface area contributed by atoms with E-state index in [-0.39, 0.29) is 6.09 Å². The minimum absolute atomic E-state index is 0.375. The predicted octanol–water partition coefficient (Wildman–Crippen LogP) is 2.82. The highest BCUT2D eigenvalue weighted by molar-refractivity contribution is 7.87. The summed E-state index contributed by atoms with van der Waals surface area (Å²) >= 11 is -1.52. The lowest BCUT2D eigenvalue weighted by molar-refractivity contribution is 0.0182. The third kappa shape index (κ3) is 4.20. The number of para-hydroxylation sites is 2. The maximum Gasteiger partial charge on any atom is 0.410 e. The van der Waals surface area contributed by atoms with Gasteiger partial charge in [-0.05, 0) is 45.7 Å². The van der Waals surface area contributed by atoms with E-state index in [2.05, 4.69) is 6.07 Å². The number of carbonyl (C=O) groups is 1. The normalized spacial score (nSPS) is 17.9. The summed E-state index contributed by atoms with van der Waals surface area (Å²) in [5.41, 5.74) is -0.0821. The Labute approximate surface area is 174 Å². The Bertz CT molecular complexity index is 936. The van der Waals surface area contributed by atoms with Crippen LogP contribution >= 0.6 is 0 Å². The van der Waals surface area contributed by atoms with Crippen molar-refractivity contribution in [1.29, 1.82) is 5.26 Å². The first-order chi connectivity index (χ1) is 13.6. The Morgan fingerprint density at radius 3 is 2.48 bits per heavy atom. The molecule has 1 aromatic carbocycles. The van der Waals surface area contributed by atoms with Gasteiger partial charge in [0.2, 0.25) is 0 Å². The third-order valence-electron chi connectivity index (χ3n) is 4.90. The zero-order valence-corrected chi connectivity index (χ0v) is 18.3. The van der Waals surface area contributed by atoms with Gasteiger partial charge in [-0.2, -0.15) is 5.26 Å². The second kappa shape index (κ2) is 7.86. The van der Waals surface area contributed by atoms with Gasteiger partial charge in [0.15, 0.2) is 17.4 Å². The summed E-state index contributed by atoms with van der Waals surface area (Å²) in [5.74, 6) is 0.483. The highest BCUT2D eigenvalue weighted by atomic mass is 32.2. The molecule has 1 fully saturated rings. The molecule has 29 heavy (non-hydrogen) atoms. The van der Waals surface area contributed by atoms with Crippen LogP contribution in [-0.2, 0) is 21.7 Å². The molecule has 9 heteroatoms. The predicted molar refractivity (Wildman–Crippen MR) is 111 cm³/mol. The molecule has 1 atom stereocenters. The molecule has 3 rings (SSSR count). The minimum atomic E-state index is -1.52. The fourth-order valence-corrected chi connectivity index (χ4v) is 4.42. The Kier molecular flexibility index (Phi) is 5.81. The van der Waals surface area contributed by atoms with E-state index < -0.39 is 22.6 Å². The maximum absolute atomic E-state index is 13.0. The Morgan fingerprint density at radius 1 is 1.31 bits per heavy atom. The molecule has 1 unspecified atom stereocenters. The first kappa shape index (κ1) is 21.4. The third-order valence-corrected chi connectivity index (χ3v) is 6.21. The van der Waals surface area contributed by atoms with Gasteiger partial charge in [0.05, 0.1) is 11.6 Å². The van der Waals surface area contributed by atoms with Crippen LogP contribution in [0.4, 0.5) is 4.79 Å². The molecule has 0 radical (unpaired) electrons. The van der Waals surface area contributed by atoms with Gasteiger partial charge in [0, 0.05) is 27.2 Å². The monoisotopic (exact) mass is 417 g/mol. The number of nitrogens with zero attached hydrogens (tertiary/aromatic N) is 5. The van der Waals surface area contributed by atoms with E-state index >= 15 is 0 Å². The standard InChI is InChI=1S/C20H27N5O3S/c1-19(2,3)28-18(26)24-12-10-20(14-21,11-13-24)17-22-15-8-6-7-9-16(15)25(17)29(27)23(4)5/h6-9H,10-13H2,1-5H3. The van der Waals surface area contributed by atoms with Crippen LogP contribution in [0.2, 0.25) is 0 Å². The molecule has 1 aliphatic rings. The molecule has 1 aliphatic heterocycles. The molecule has 2 aromatic rings. The van der Waals surface area contributed by atoms with Crippen molar-refractivity contribution in [2.24, 2.45) is 0 Å². The van der Waals surface area contributed by atoms with Crippen molar-refractivity contribution in [3.8, 4) is 6.07 Å². The van der Waals surface area contributed by atoms with E-state index in [1.165, 1.54) is 0 Å². The molecule has 0 N–H and O–H groups in total. The smallest absolute Gasteiger partial charge is 0.410 e. The average molecular weight is 418 g/mol. The zero-order valence-electron chi connectivity index (χ0n) is 17.5. The second-order valence-corrected chi connectivity index (χ2v) is 9.98. The lowest BCUT2D eigenvalue weighted by Gasteiger charge is -2.37. The van der Waals surface area contributed by atoms with Crippen LogP contribution in [0, 0.1) is 11.3 Å². The Hall–Kier alpha value is -2.28. The Balaban J connectivity index is 1.95. The number of carbonyl (C=O) groups excluding carboxylic acids is 1. The second-order valence-electron chi connectivity index (χ2n) is 8.42. The summed E-state index contributed by atoms with van der Waals surface area (Å²) in [7, 11) is 3.44. The molecule has 1 aromatic heterocycles. The summed E-state index contributed by atoms with van der Waals surface area (Å²) in [6.07, 6.45) is 0.419. The number of benzene rings is 1. The van der Waals surface area contributed by atoms with Crippen LogP contribution in [0.3, 0.4) is 0 Å². The van der Waals surface area contributed by atoms with Crippen LogP contribution in [-0.4, -0.2) is 61.6 Å². The number of hydrogen-bond donors (Lipinski definition) is 0. The van der Waals surface area contributed by atoms with Crippen molar-refractivity contribution in [1.82, 2.24) is 18.2 Å². The van der Waals surface area contributed by atoms with Gasteiger partial charge < -0.3 is 14.2 Å². The van der Waals surface area contributed by atoms with Gasteiger partial charge in [-0.3, -0.25) is 0 Å². The summed E-state index contributed by atoms with van der Waals surface area (Å²) < 4.78 is 21.7. The van der Waals surface area contributed by atoms with E-state index in [1.807, 2.05) is 45.0 Å². The molecule has 2 heterocycles. The SMILES string of the molecule is CN(C)[S+]([O-])n1c(C2(C#N)CCN(C(=O)OC(C)(C)C)CC2)nc2ccccc21. The largest absolute Gasteiger partial charge is 0.573 e. The minimum Gasteiger partial charge on any atom is -0.573 e. The van der Waals surface area contributed by atoms with E-state index in [4.69, 9.17) is 9.72 Å². The number of piperidine rings is 1. The number of hydrogen-bond acceptors (Lipinski definition) is 6. The summed E-state index contributed by atoms with van der Waals surface area (Å²) in [6, 6.07) is 9.86. The van der Waals surface area contributed by atoms with E-state index in [0.717, 1.165) is 5.52 Å². The molecule has 156 valence electrons.